The maximum Gasteiger partial charge on any atom is 0.270 e. The Morgan fingerprint density at radius 1 is 1.50 bits per heavy atom. The summed E-state index contributed by atoms with van der Waals surface area (Å²) in [5.74, 6) is -2.27. The molecule has 1 saturated heterocycles. The zero-order chi connectivity index (χ0) is 13.2. The third-order valence-corrected chi connectivity index (χ3v) is 3.53. The van der Waals surface area contributed by atoms with Crippen molar-refractivity contribution in [3.8, 4) is 0 Å². The molecule has 1 aliphatic rings. The van der Waals surface area contributed by atoms with Gasteiger partial charge in [-0.2, -0.15) is 0 Å². The number of hydrogen-bond donors (Lipinski definition) is 2. The van der Waals surface area contributed by atoms with Crippen molar-refractivity contribution >= 4 is 17.3 Å². The topological polar surface area (TPSA) is 24.1 Å². The lowest BCUT2D eigenvalue weighted by atomic mass is 10.1. The summed E-state index contributed by atoms with van der Waals surface area (Å²) in [5.41, 5.74) is 0.664. The molecule has 100 valence electrons. The van der Waals surface area contributed by atoms with E-state index in [1.54, 1.807) is 6.07 Å². The van der Waals surface area contributed by atoms with Crippen LogP contribution >= 0.6 is 11.6 Å². The molecular formula is C13H17ClF2N2. The first kappa shape index (κ1) is 13.6. The second kappa shape index (κ2) is 5.41. The fourth-order valence-electron chi connectivity index (χ4n) is 2.07. The lowest BCUT2D eigenvalue weighted by molar-refractivity contribution is 0.0175. The molecule has 1 aromatic carbocycles. The van der Waals surface area contributed by atoms with Crippen molar-refractivity contribution in [2.75, 3.05) is 25.0 Å². The van der Waals surface area contributed by atoms with Crippen LogP contribution in [0.5, 0.6) is 0 Å². The third kappa shape index (κ3) is 3.33. The summed E-state index contributed by atoms with van der Waals surface area (Å²) in [6.45, 7) is 3.72. The first-order valence-electron chi connectivity index (χ1n) is 6.09. The number of hydrogen-bond acceptors (Lipinski definition) is 2. The molecule has 1 fully saturated rings. The Kier molecular flexibility index (Phi) is 4.07. The van der Waals surface area contributed by atoms with Crippen LogP contribution in [0.2, 0.25) is 5.02 Å². The molecular weight excluding hydrogens is 258 g/mol. The highest BCUT2D eigenvalue weighted by Gasteiger charge is 2.25. The Balaban J connectivity index is 2.01. The monoisotopic (exact) mass is 274 g/mol. The van der Waals surface area contributed by atoms with Crippen LogP contribution in [-0.4, -0.2) is 19.6 Å². The van der Waals surface area contributed by atoms with Crippen LogP contribution in [0.4, 0.5) is 14.5 Å². The van der Waals surface area contributed by atoms with Crippen LogP contribution in [-0.2, 0) is 5.92 Å². The standard InChI is InChI=1S/C13H17ClF2N2/c1-13(15,16)10-2-3-12(11(14)6-10)18-8-9-4-5-17-7-9/h2-3,6,9,17-18H,4-5,7-8H2,1H3. The molecule has 5 heteroatoms. The lowest BCUT2D eigenvalue weighted by Gasteiger charge is -2.15. The van der Waals surface area contributed by atoms with Crippen molar-refractivity contribution in [1.82, 2.24) is 5.32 Å². The van der Waals surface area contributed by atoms with E-state index in [2.05, 4.69) is 10.6 Å². The summed E-state index contributed by atoms with van der Waals surface area (Å²) in [5, 5.41) is 6.84. The van der Waals surface area contributed by atoms with Crippen molar-refractivity contribution < 1.29 is 8.78 Å². The molecule has 0 aliphatic carbocycles. The minimum atomic E-state index is -2.85. The second-order valence-corrected chi connectivity index (χ2v) is 5.23. The summed E-state index contributed by atoms with van der Waals surface area (Å²) in [6, 6.07) is 4.37. The van der Waals surface area contributed by atoms with E-state index < -0.39 is 5.92 Å². The Labute approximate surface area is 111 Å². The van der Waals surface area contributed by atoms with Crippen LogP contribution in [0, 0.1) is 5.92 Å². The van der Waals surface area contributed by atoms with Gasteiger partial charge in [-0.15, -0.1) is 0 Å². The van der Waals surface area contributed by atoms with Gasteiger partial charge in [0.1, 0.15) is 0 Å². The van der Waals surface area contributed by atoms with Gasteiger partial charge >= 0.3 is 0 Å². The molecule has 2 nitrogen and oxygen atoms in total. The average Bonchev–Trinajstić information content (AvgIpc) is 2.79. The highest BCUT2D eigenvalue weighted by molar-refractivity contribution is 6.33. The van der Waals surface area contributed by atoms with Gasteiger partial charge in [-0.25, -0.2) is 8.78 Å². The first-order chi connectivity index (χ1) is 8.47. The molecule has 0 bridgehead atoms. The van der Waals surface area contributed by atoms with Crippen molar-refractivity contribution in [3.63, 3.8) is 0 Å². The predicted octanol–water partition coefficient (Wildman–Crippen LogP) is 3.47. The summed E-state index contributed by atoms with van der Waals surface area (Å²) >= 11 is 6.01. The minimum absolute atomic E-state index is 0.0550. The fraction of sp³-hybridized carbons (Fsp3) is 0.538. The van der Waals surface area contributed by atoms with Gasteiger partial charge in [0.15, 0.2) is 0 Å². The molecule has 2 N–H and O–H groups in total. The van der Waals surface area contributed by atoms with E-state index in [9.17, 15) is 8.78 Å². The van der Waals surface area contributed by atoms with E-state index in [0.29, 0.717) is 10.9 Å². The van der Waals surface area contributed by atoms with Gasteiger partial charge in [0.25, 0.3) is 5.92 Å². The van der Waals surface area contributed by atoms with Gasteiger partial charge in [0.05, 0.1) is 10.7 Å². The van der Waals surface area contributed by atoms with Crippen LogP contribution in [0.15, 0.2) is 18.2 Å². The number of rotatable bonds is 4. The number of alkyl halides is 2. The summed E-state index contributed by atoms with van der Waals surface area (Å²) < 4.78 is 26.2. The number of nitrogens with one attached hydrogen (secondary N) is 2. The van der Waals surface area contributed by atoms with E-state index in [-0.39, 0.29) is 5.56 Å². The van der Waals surface area contributed by atoms with Gasteiger partial charge < -0.3 is 10.6 Å². The average molecular weight is 275 g/mol. The SMILES string of the molecule is CC(F)(F)c1ccc(NCC2CCNC2)c(Cl)c1. The van der Waals surface area contributed by atoms with Crippen LogP contribution < -0.4 is 10.6 Å². The molecule has 1 aliphatic heterocycles. The summed E-state index contributed by atoms with van der Waals surface area (Å²) in [6.07, 6.45) is 1.13. The van der Waals surface area contributed by atoms with E-state index in [0.717, 1.165) is 38.7 Å². The van der Waals surface area contributed by atoms with E-state index in [4.69, 9.17) is 11.6 Å². The normalized spacial score (nSPS) is 20.1. The maximum atomic E-state index is 13.1. The highest BCUT2D eigenvalue weighted by atomic mass is 35.5. The zero-order valence-corrected chi connectivity index (χ0v) is 11.0. The van der Waals surface area contributed by atoms with Gasteiger partial charge in [-0.3, -0.25) is 0 Å². The Morgan fingerprint density at radius 2 is 2.28 bits per heavy atom. The van der Waals surface area contributed by atoms with Crippen molar-refractivity contribution in [1.29, 1.82) is 0 Å². The number of anilines is 1. The van der Waals surface area contributed by atoms with Crippen molar-refractivity contribution in [3.05, 3.63) is 28.8 Å². The molecule has 0 saturated carbocycles. The molecule has 18 heavy (non-hydrogen) atoms. The van der Waals surface area contributed by atoms with E-state index in [1.807, 2.05) is 0 Å². The quantitative estimate of drug-likeness (QED) is 0.878. The minimum Gasteiger partial charge on any atom is -0.384 e. The number of halogens is 3. The first-order valence-corrected chi connectivity index (χ1v) is 6.47. The Morgan fingerprint density at radius 3 is 2.83 bits per heavy atom. The zero-order valence-electron chi connectivity index (χ0n) is 10.3. The molecule has 0 spiro atoms. The van der Waals surface area contributed by atoms with Gasteiger partial charge in [-0.1, -0.05) is 17.7 Å². The molecule has 1 aromatic rings. The van der Waals surface area contributed by atoms with E-state index >= 15 is 0 Å². The maximum absolute atomic E-state index is 13.1. The van der Waals surface area contributed by atoms with Crippen molar-refractivity contribution in [2.45, 2.75) is 19.3 Å². The summed E-state index contributed by atoms with van der Waals surface area (Å²) in [7, 11) is 0. The summed E-state index contributed by atoms with van der Waals surface area (Å²) in [4.78, 5) is 0. The van der Waals surface area contributed by atoms with Crippen LogP contribution in [0.1, 0.15) is 18.9 Å². The molecule has 1 heterocycles. The fourth-order valence-corrected chi connectivity index (χ4v) is 2.32. The van der Waals surface area contributed by atoms with Gasteiger partial charge in [-0.05, 0) is 37.6 Å². The molecule has 0 aromatic heterocycles. The van der Waals surface area contributed by atoms with Gasteiger partial charge in [0, 0.05) is 19.0 Å². The van der Waals surface area contributed by atoms with Gasteiger partial charge in [0.2, 0.25) is 0 Å². The largest absolute Gasteiger partial charge is 0.384 e. The molecule has 0 amide bonds. The van der Waals surface area contributed by atoms with Crippen LogP contribution in [0.25, 0.3) is 0 Å². The lowest BCUT2D eigenvalue weighted by Crippen LogP contribution is -2.17. The highest BCUT2D eigenvalue weighted by Crippen LogP contribution is 2.32. The smallest absolute Gasteiger partial charge is 0.270 e. The molecule has 1 unspecified atom stereocenters. The second-order valence-electron chi connectivity index (χ2n) is 4.82. The third-order valence-electron chi connectivity index (χ3n) is 3.22. The Bertz CT molecular complexity index is 412. The molecule has 0 radical (unpaired) electrons. The van der Waals surface area contributed by atoms with Crippen molar-refractivity contribution in [2.24, 2.45) is 5.92 Å². The van der Waals surface area contributed by atoms with Crippen LogP contribution in [0.3, 0.4) is 0 Å². The van der Waals surface area contributed by atoms with E-state index in [1.165, 1.54) is 12.1 Å². The molecule has 2 rings (SSSR count). The number of benzene rings is 1. The Hall–Kier alpha value is -0.870. The predicted molar refractivity (Wildman–Crippen MR) is 70.5 cm³/mol. The molecule has 1 atom stereocenters.